The van der Waals surface area contributed by atoms with Gasteiger partial charge in [-0.05, 0) is 40.4 Å². The van der Waals surface area contributed by atoms with Crippen molar-refractivity contribution in [1.29, 1.82) is 5.26 Å². The van der Waals surface area contributed by atoms with Gasteiger partial charge in [-0.25, -0.2) is 0 Å². The largest absolute Gasteiger partial charge is 0.343 e. The first-order valence-electron chi connectivity index (χ1n) is 5.30. The molecule has 0 saturated heterocycles. The third-order valence-electron chi connectivity index (χ3n) is 2.45. The maximum atomic E-state index is 12.1. The van der Waals surface area contributed by atoms with Gasteiger partial charge in [-0.1, -0.05) is 0 Å². The van der Waals surface area contributed by atoms with Crippen molar-refractivity contribution < 1.29 is 4.79 Å². The van der Waals surface area contributed by atoms with E-state index in [1.54, 1.807) is 17.5 Å². The van der Waals surface area contributed by atoms with Gasteiger partial charge in [0.05, 0.1) is 5.56 Å². The molecular formula is C12H10BrN3OS. The van der Waals surface area contributed by atoms with Gasteiger partial charge in [0, 0.05) is 17.2 Å². The molecule has 1 N–H and O–H groups in total. The number of hydrogen-bond donors (Lipinski definition) is 1. The average Bonchev–Trinajstić information content (AvgIpc) is 2.94. The first-order valence-corrected chi connectivity index (χ1v) is 6.97. The van der Waals surface area contributed by atoms with Gasteiger partial charge < -0.3 is 9.88 Å². The van der Waals surface area contributed by atoms with Crippen LogP contribution in [0.4, 0.5) is 5.00 Å². The molecule has 2 aromatic heterocycles. The Morgan fingerprint density at radius 1 is 1.67 bits per heavy atom. The fourth-order valence-electron chi connectivity index (χ4n) is 1.59. The Balaban J connectivity index is 2.25. The summed E-state index contributed by atoms with van der Waals surface area (Å²) in [7, 11) is 0. The first-order chi connectivity index (χ1) is 8.65. The number of nitriles is 1. The minimum absolute atomic E-state index is 0.207. The van der Waals surface area contributed by atoms with Crippen molar-refractivity contribution in [3.05, 3.63) is 39.4 Å². The van der Waals surface area contributed by atoms with Gasteiger partial charge in [-0.3, -0.25) is 4.79 Å². The molecule has 1 amide bonds. The van der Waals surface area contributed by atoms with Gasteiger partial charge in [-0.15, -0.1) is 11.3 Å². The number of thiophene rings is 1. The lowest BCUT2D eigenvalue weighted by Crippen LogP contribution is -2.16. The van der Waals surface area contributed by atoms with Crippen molar-refractivity contribution in [1.82, 2.24) is 4.57 Å². The van der Waals surface area contributed by atoms with Crippen molar-refractivity contribution in [3.8, 4) is 6.07 Å². The first kappa shape index (κ1) is 12.9. The summed E-state index contributed by atoms with van der Waals surface area (Å²) in [5.74, 6) is -0.207. The smallest absolute Gasteiger partial charge is 0.272 e. The van der Waals surface area contributed by atoms with Crippen LogP contribution in [0, 0.1) is 11.3 Å². The standard InChI is InChI=1S/C12H10BrN3OS/c1-2-16-7-9(13)5-10(16)11(17)15-12-8(6-14)3-4-18-12/h3-5,7H,2H2,1H3,(H,15,17). The Kier molecular flexibility index (Phi) is 3.84. The lowest BCUT2D eigenvalue weighted by molar-refractivity contribution is 0.101. The number of nitrogens with one attached hydrogen (secondary N) is 1. The molecule has 2 heterocycles. The molecule has 18 heavy (non-hydrogen) atoms. The van der Waals surface area contributed by atoms with Crippen LogP contribution >= 0.6 is 27.3 Å². The van der Waals surface area contributed by atoms with E-state index in [0.717, 1.165) is 4.47 Å². The number of anilines is 1. The zero-order valence-corrected chi connectivity index (χ0v) is 12.0. The Bertz CT molecular complexity index is 624. The number of amides is 1. The number of aromatic nitrogens is 1. The quantitative estimate of drug-likeness (QED) is 0.940. The summed E-state index contributed by atoms with van der Waals surface area (Å²) < 4.78 is 2.71. The molecule has 92 valence electrons. The van der Waals surface area contributed by atoms with Crippen LogP contribution in [-0.2, 0) is 6.54 Å². The predicted octanol–water partition coefficient (Wildman–Crippen LogP) is 3.46. The lowest BCUT2D eigenvalue weighted by atomic mass is 10.3. The fourth-order valence-corrected chi connectivity index (χ4v) is 2.78. The second-order valence-corrected chi connectivity index (χ2v) is 5.39. The van der Waals surface area contributed by atoms with Crippen LogP contribution in [-0.4, -0.2) is 10.5 Å². The normalized spacial score (nSPS) is 10.1. The van der Waals surface area contributed by atoms with E-state index in [9.17, 15) is 4.79 Å². The summed E-state index contributed by atoms with van der Waals surface area (Å²) in [6.07, 6.45) is 1.86. The van der Waals surface area contributed by atoms with Gasteiger partial charge >= 0.3 is 0 Å². The van der Waals surface area contributed by atoms with E-state index in [0.29, 0.717) is 22.8 Å². The van der Waals surface area contributed by atoms with Crippen LogP contribution in [0.15, 0.2) is 28.2 Å². The van der Waals surface area contributed by atoms with Crippen molar-refractivity contribution in [3.63, 3.8) is 0 Å². The third kappa shape index (κ3) is 2.47. The van der Waals surface area contributed by atoms with Gasteiger partial charge in [0.1, 0.15) is 16.8 Å². The van der Waals surface area contributed by atoms with Crippen LogP contribution in [0.5, 0.6) is 0 Å². The molecule has 0 bridgehead atoms. The summed E-state index contributed by atoms with van der Waals surface area (Å²) in [6, 6.07) is 5.50. The molecule has 0 aliphatic carbocycles. The molecule has 0 unspecified atom stereocenters. The van der Waals surface area contributed by atoms with Gasteiger partial charge in [0.2, 0.25) is 0 Å². The Hall–Kier alpha value is -1.58. The highest BCUT2D eigenvalue weighted by Gasteiger charge is 2.14. The highest BCUT2D eigenvalue weighted by atomic mass is 79.9. The summed E-state index contributed by atoms with van der Waals surface area (Å²) in [5, 5.41) is 14.0. The van der Waals surface area contributed by atoms with E-state index < -0.39 is 0 Å². The van der Waals surface area contributed by atoms with Crippen molar-refractivity contribution in [2.24, 2.45) is 0 Å². The zero-order valence-electron chi connectivity index (χ0n) is 9.61. The van der Waals surface area contributed by atoms with E-state index in [1.807, 2.05) is 23.8 Å². The molecule has 0 aliphatic heterocycles. The van der Waals surface area contributed by atoms with Crippen LogP contribution in [0.25, 0.3) is 0 Å². The number of halogens is 1. The van der Waals surface area contributed by atoms with E-state index >= 15 is 0 Å². The highest BCUT2D eigenvalue weighted by molar-refractivity contribution is 9.10. The molecule has 0 radical (unpaired) electrons. The Morgan fingerprint density at radius 2 is 2.44 bits per heavy atom. The number of rotatable bonds is 3. The van der Waals surface area contributed by atoms with Crippen molar-refractivity contribution in [2.75, 3.05) is 5.32 Å². The van der Waals surface area contributed by atoms with Crippen molar-refractivity contribution in [2.45, 2.75) is 13.5 Å². The Labute approximate surface area is 117 Å². The summed E-state index contributed by atoms with van der Waals surface area (Å²) in [4.78, 5) is 12.1. The SMILES string of the molecule is CCn1cc(Br)cc1C(=O)Nc1sccc1C#N. The molecule has 0 fully saturated rings. The molecule has 2 aromatic rings. The summed E-state index contributed by atoms with van der Waals surface area (Å²) in [6.45, 7) is 2.68. The maximum Gasteiger partial charge on any atom is 0.272 e. The van der Waals surface area contributed by atoms with Gasteiger partial charge in [0.25, 0.3) is 5.91 Å². The molecule has 6 heteroatoms. The fraction of sp³-hybridized carbons (Fsp3) is 0.167. The van der Waals surface area contributed by atoms with E-state index in [1.165, 1.54) is 11.3 Å². The molecular weight excluding hydrogens is 314 g/mol. The minimum Gasteiger partial charge on any atom is -0.343 e. The van der Waals surface area contributed by atoms with Crippen LogP contribution in [0.3, 0.4) is 0 Å². The molecule has 0 aromatic carbocycles. The topological polar surface area (TPSA) is 57.8 Å². The van der Waals surface area contributed by atoms with Gasteiger partial charge in [0.15, 0.2) is 0 Å². The second-order valence-electron chi connectivity index (χ2n) is 3.56. The van der Waals surface area contributed by atoms with Crippen LogP contribution in [0.2, 0.25) is 0 Å². The summed E-state index contributed by atoms with van der Waals surface area (Å²) >= 11 is 4.69. The number of carbonyl (C=O) groups is 1. The van der Waals surface area contributed by atoms with Crippen LogP contribution in [0.1, 0.15) is 23.0 Å². The minimum atomic E-state index is -0.207. The molecule has 2 rings (SSSR count). The number of carbonyl (C=O) groups excluding carboxylic acids is 1. The van der Waals surface area contributed by atoms with E-state index in [-0.39, 0.29) is 5.91 Å². The Morgan fingerprint density at radius 3 is 3.11 bits per heavy atom. The van der Waals surface area contributed by atoms with Gasteiger partial charge in [-0.2, -0.15) is 5.26 Å². The number of hydrogen-bond acceptors (Lipinski definition) is 3. The van der Waals surface area contributed by atoms with E-state index in [2.05, 4.69) is 21.2 Å². The average molecular weight is 324 g/mol. The number of nitrogens with zero attached hydrogens (tertiary/aromatic N) is 2. The zero-order chi connectivity index (χ0) is 13.1. The maximum absolute atomic E-state index is 12.1. The summed E-state index contributed by atoms with van der Waals surface area (Å²) in [5.41, 5.74) is 1.06. The molecule has 0 aliphatic rings. The predicted molar refractivity (Wildman–Crippen MR) is 74.8 cm³/mol. The van der Waals surface area contributed by atoms with Crippen LogP contribution < -0.4 is 5.32 Å². The molecule has 0 atom stereocenters. The number of aryl methyl sites for hydroxylation is 1. The third-order valence-corrected chi connectivity index (χ3v) is 3.71. The second kappa shape index (κ2) is 5.38. The molecule has 0 spiro atoms. The molecule has 0 saturated carbocycles. The van der Waals surface area contributed by atoms with Crippen molar-refractivity contribution >= 4 is 38.2 Å². The lowest BCUT2D eigenvalue weighted by Gasteiger charge is -2.06. The van der Waals surface area contributed by atoms with E-state index in [4.69, 9.17) is 5.26 Å². The monoisotopic (exact) mass is 323 g/mol. The molecule has 4 nitrogen and oxygen atoms in total. The highest BCUT2D eigenvalue weighted by Crippen LogP contribution is 2.23.